The number of benzene rings is 2. The van der Waals surface area contributed by atoms with Crippen molar-refractivity contribution in [2.75, 3.05) is 5.32 Å². The second-order valence-electron chi connectivity index (χ2n) is 4.50. The highest BCUT2D eigenvalue weighted by Crippen LogP contribution is 2.32. The van der Waals surface area contributed by atoms with Crippen LogP contribution in [0, 0.1) is 0 Å². The third kappa shape index (κ3) is 2.73. The van der Waals surface area contributed by atoms with Crippen LogP contribution in [0.2, 0.25) is 15.1 Å². The molecule has 0 unspecified atom stereocenters. The molecule has 0 saturated carbocycles. The van der Waals surface area contributed by atoms with Gasteiger partial charge in [-0.1, -0.05) is 40.9 Å². The number of anilines is 1. The Morgan fingerprint density at radius 3 is 2.55 bits per heavy atom. The van der Waals surface area contributed by atoms with Gasteiger partial charge in [0.1, 0.15) is 0 Å². The zero-order chi connectivity index (χ0) is 14.1. The van der Waals surface area contributed by atoms with Gasteiger partial charge in [-0.25, -0.2) is 0 Å². The summed E-state index contributed by atoms with van der Waals surface area (Å²) in [6.07, 6.45) is 1.93. The third-order valence-corrected chi connectivity index (χ3v) is 4.15. The number of H-pyrrole nitrogens is 1. The second-order valence-corrected chi connectivity index (χ2v) is 5.72. The zero-order valence-corrected chi connectivity index (χ0v) is 12.7. The Kier molecular flexibility index (Phi) is 3.79. The topological polar surface area (TPSA) is 27.8 Å². The minimum Gasteiger partial charge on any atom is -0.380 e. The van der Waals surface area contributed by atoms with Crippen LogP contribution in [0.4, 0.5) is 5.69 Å². The molecule has 1 heterocycles. The fourth-order valence-electron chi connectivity index (χ4n) is 2.07. The van der Waals surface area contributed by atoms with E-state index in [2.05, 4.69) is 28.5 Å². The molecule has 0 saturated heterocycles. The third-order valence-electron chi connectivity index (χ3n) is 3.11. The Bertz CT molecular complexity index is 765. The van der Waals surface area contributed by atoms with Gasteiger partial charge in [0.25, 0.3) is 0 Å². The van der Waals surface area contributed by atoms with Gasteiger partial charge in [-0.3, -0.25) is 0 Å². The summed E-state index contributed by atoms with van der Waals surface area (Å²) in [4.78, 5) is 3.17. The molecule has 0 spiro atoms. The van der Waals surface area contributed by atoms with E-state index < -0.39 is 0 Å². The summed E-state index contributed by atoms with van der Waals surface area (Å²) in [7, 11) is 0. The summed E-state index contributed by atoms with van der Waals surface area (Å²) >= 11 is 18.0. The highest BCUT2D eigenvalue weighted by molar-refractivity contribution is 6.44. The van der Waals surface area contributed by atoms with Crippen LogP contribution in [0.3, 0.4) is 0 Å². The van der Waals surface area contributed by atoms with Gasteiger partial charge >= 0.3 is 0 Å². The van der Waals surface area contributed by atoms with Crippen LogP contribution in [0.15, 0.2) is 42.6 Å². The lowest BCUT2D eigenvalue weighted by Gasteiger charge is -2.10. The number of nitrogens with one attached hydrogen (secondary N) is 2. The summed E-state index contributed by atoms with van der Waals surface area (Å²) < 4.78 is 0. The molecule has 102 valence electrons. The molecular weight excluding hydrogens is 315 g/mol. The zero-order valence-electron chi connectivity index (χ0n) is 10.4. The summed E-state index contributed by atoms with van der Waals surface area (Å²) in [5, 5.41) is 5.95. The number of hydrogen-bond acceptors (Lipinski definition) is 1. The first kappa shape index (κ1) is 13.6. The Morgan fingerprint density at radius 2 is 1.70 bits per heavy atom. The van der Waals surface area contributed by atoms with E-state index >= 15 is 0 Å². The smallest absolute Gasteiger partial charge is 0.0653 e. The van der Waals surface area contributed by atoms with Gasteiger partial charge in [-0.05, 0) is 41.3 Å². The van der Waals surface area contributed by atoms with Gasteiger partial charge in [0.2, 0.25) is 0 Å². The fourth-order valence-corrected chi connectivity index (χ4v) is 2.68. The van der Waals surface area contributed by atoms with Crippen molar-refractivity contribution in [3.63, 3.8) is 0 Å². The molecular formula is C15H11Cl3N2. The monoisotopic (exact) mass is 324 g/mol. The Labute approximate surface area is 131 Å². The fraction of sp³-hybridized carbons (Fsp3) is 0.0667. The molecule has 1 aromatic heterocycles. The summed E-state index contributed by atoms with van der Waals surface area (Å²) in [5.41, 5.74) is 3.07. The van der Waals surface area contributed by atoms with Gasteiger partial charge in [-0.15, -0.1) is 0 Å². The molecule has 2 nitrogen and oxygen atoms in total. The Hall–Kier alpha value is -1.35. The van der Waals surface area contributed by atoms with Gasteiger partial charge < -0.3 is 10.3 Å². The highest BCUT2D eigenvalue weighted by Gasteiger charge is 2.06. The minimum atomic E-state index is 0.455. The maximum atomic E-state index is 6.13. The number of fused-ring (bicyclic) bond motifs is 1. The molecule has 3 aromatic rings. The van der Waals surface area contributed by atoms with E-state index in [9.17, 15) is 0 Å². The summed E-state index contributed by atoms with van der Waals surface area (Å²) in [5.74, 6) is 0. The van der Waals surface area contributed by atoms with Crippen LogP contribution in [-0.2, 0) is 6.54 Å². The van der Waals surface area contributed by atoms with E-state index in [1.54, 1.807) is 12.1 Å². The molecule has 0 fully saturated rings. The maximum Gasteiger partial charge on any atom is 0.0653 e. The van der Waals surface area contributed by atoms with Crippen LogP contribution >= 0.6 is 34.8 Å². The van der Waals surface area contributed by atoms with E-state index in [0.717, 1.165) is 11.2 Å². The van der Waals surface area contributed by atoms with Crippen LogP contribution in [0.5, 0.6) is 0 Å². The van der Waals surface area contributed by atoms with E-state index in [1.165, 1.54) is 10.9 Å². The number of aromatic amines is 1. The molecule has 0 aliphatic heterocycles. The molecule has 0 bridgehead atoms. The van der Waals surface area contributed by atoms with Gasteiger partial charge in [0.15, 0.2) is 0 Å². The molecule has 2 N–H and O–H groups in total. The molecule has 3 rings (SSSR count). The van der Waals surface area contributed by atoms with Crippen LogP contribution < -0.4 is 5.32 Å². The highest BCUT2D eigenvalue weighted by atomic mass is 35.5. The van der Waals surface area contributed by atoms with E-state index in [0.29, 0.717) is 21.6 Å². The molecule has 2 aromatic carbocycles. The largest absolute Gasteiger partial charge is 0.380 e. The van der Waals surface area contributed by atoms with Gasteiger partial charge in [-0.2, -0.15) is 0 Å². The Balaban J connectivity index is 1.80. The van der Waals surface area contributed by atoms with E-state index in [4.69, 9.17) is 34.8 Å². The molecule has 0 amide bonds. The van der Waals surface area contributed by atoms with Crippen molar-refractivity contribution in [1.82, 2.24) is 4.98 Å². The van der Waals surface area contributed by atoms with Gasteiger partial charge in [0, 0.05) is 18.3 Å². The molecule has 0 aliphatic carbocycles. The molecule has 20 heavy (non-hydrogen) atoms. The lowest BCUT2D eigenvalue weighted by molar-refractivity contribution is 1.15. The van der Waals surface area contributed by atoms with E-state index in [1.807, 2.05) is 12.3 Å². The molecule has 0 radical (unpaired) electrons. The first-order valence-corrected chi connectivity index (χ1v) is 7.21. The quantitative estimate of drug-likeness (QED) is 0.590. The van der Waals surface area contributed by atoms with Crippen LogP contribution in [0.1, 0.15) is 5.56 Å². The van der Waals surface area contributed by atoms with Crippen molar-refractivity contribution in [2.45, 2.75) is 6.54 Å². The first-order valence-electron chi connectivity index (χ1n) is 6.08. The lowest BCUT2D eigenvalue weighted by atomic mass is 10.1. The average molecular weight is 326 g/mol. The molecule has 5 heteroatoms. The van der Waals surface area contributed by atoms with Crippen molar-refractivity contribution in [3.05, 3.63) is 63.2 Å². The Morgan fingerprint density at radius 1 is 0.900 bits per heavy atom. The predicted molar refractivity (Wildman–Crippen MR) is 87.1 cm³/mol. The van der Waals surface area contributed by atoms with Crippen molar-refractivity contribution >= 4 is 51.4 Å². The van der Waals surface area contributed by atoms with Crippen molar-refractivity contribution < 1.29 is 0 Å². The average Bonchev–Trinajstić information content (AvgIpc) is 2.89. The van der Waals surface area contributed by atoms with Crippen molar-refractivity contribution in [2.24, 2.45) is 0 Å². The van der Waals surface area contributed by atoms with E-state index in [-0.39, 0.29) is 0 Å². The normalized spacial score (nSPS) is 10.9. The molecule has 0 aliphatic rings. The van der Waals surface area contributed by atoms with Crippen molar-refractivity contribution in [1.29, 1.82) is 0 Å². The van der Waals surface area contributed by atoms with Crippen molar-refractivity contribution in [3.8, 4) is 0 Å². The number of rotatable bonds is 3. The minimum absolute atomic E-state index is 0.455. The SMILES string of the molecule is Clc1cc(Cl)c(NCc2ccc3[nH]ccc3c2)cc1Cl. The molecule has 0 atom stereocenters. The van der Waals surface area contributed by atoms with Crippen LogP contribution in [-0.4, -0.2) is 4.98 Å². The van der Waals surface area contributed by atoms with Gasteiger partial charge in [0.05, 0.1) is 20.8 Å². The number of aromatic nitrogens is 1. The standard InChI is InChI=1S/C15H11Cl3N2/c16-11-6-13(18)15(7-12(11)17)20-8-9-1-2-14-10(5-9)3-4-19-14/h1-7,19-20H,8H2. The summed E-state index contributed by atoms with van der Waals surface area (Å²) in [6.45, 7) is 0.665. The number of hydrogen-bond donors (Lipinski definition) is 2. The first-order chi connectivity index (χ1) is 9.63. The predicted octanol–water partition coefficient (Wildman–Crippen LogP) is 5.74. The number of halogens is 3. The lowest BCUT2D eigenvalue weighted by Crippen LogP contribution is -2.00. The van der Waals surface area contributed by atoms with Crippen LogP contribution in [0.25, 0.3) is 10.9 Å². The maximum absolute atomic E-state index is 6.13. The second kappa shape index (κ2) is 5.57. The summed E-state index contributed by atoms with van der Waals surface area (Å²) in [6, 6.07) is 11.7.